The summed E-state index contributed by atoms with van der Waals surface area (Å²) in [6.45, 7) is 0. The zero-order chi connectivity index (χ0) is 14.5. The van der Waals surface area contributed by atoms with Gasteiger partial charge >= 0.3 is 0 Å². The van der Waals surface area contributed by atoms with Gasteiger partial charge in [0.1, 0.15) is 5.75 Å². The van der Waals surface area contributed by atoms with Gasteiger partial charge in [-0.25, -0.2) is 0 Å². The van der Waals surface area contributed by atoms with Crippen LogP contribution in [-0.2, 0) is 10.8 Å². The first kappa shape index (κ1) is 15.0. The van der Waals surface area contributed by atoms with E-state index < -0.39 is 10.8 Å². The topological polar surface area (TPSA) is 52.3 Å². The summed E-state index contributed by atoms with van der Waals surface area (Å²) in [4.78, 5) is 0.623. The molecular weight excluding hydrogens is 294 g/mol. The smallest absolute Gasteiger partial charge is 0.118 e. The summed E-state index contributed by atoms with van der Waals surface area (Å²) < 4.78 is 17.4. The van der Waals surface area contributed by atoms with Crippen molar-refractivity contribution in [2.45, 2.75) is 10.9 Å². The highest BCUT2D eigenvalue weighted by molar-refractivity contribution is 7.85. The van der Waals surface area contributed by atoms with Crippen LogP contribution in [0.3, 0.4) is 0 Å². The van der Waals surface area contributed by atoms with Crippen LogP contribution in [0.2, 0.25) is 5.02 Å². The third kappa shape index (κ3) is 3.60. The van der Waals surface area contributed by atoms with Crippen molar-refractivity contribution in [2.24, 2.45) is 5.73 Å². The van der Waals surface area contributed by atoms with E-state index in [1.54, 1.807) is 19.2 Å². The summed E-state index contributed by atoms with van der Waals surface area (Å²) in [6.07, 6.45) is 0. The molecule has 2 aromatic rings. The van der Waals surface area contributed by atoms with Crippen LogP contribution in [0.1, 0.15) is 11.6 Å². The van der Waals surface area contributed by atoms with Crippen LogP contribution in [0, 0.1) is 0 Å². The summed E-state index contributed by atoms with van der Waals surface area (Å²) in [7, 11) is 0.392. The largest absolute Gasteiger partial charge is 0.497 e. The van der Waals surface area contributed by atoms with Gasteiger partial charge in [0.2, 0.25) is 0 Å². The fraction of sp³-hybridized carbons (Fsp3) is 0.200. The van der Waals surface area contributed by atoms with Crippen LogP contribution < -0.4 is 10.5 Å². The molecule has 106 valence electrons. The molecule has 0 fully saturated rings. The second kappa shape index (κ2) is 6.88. The van der Waals surface area contributed by atoms with Gasteiger partial charge in [-0.1, -0.05) is 35.9 Å². The predicted molar refractivity (Wildman–Crippen MR) is 82.6 cm³/mol. The molecule has 0 heterocycles. The number of halogens is 1. The van der Waals surface area contributed by atoms with E-state index in [0.29, 0.717) is 15.7 Å². The predicted octanol–water partition coefficient (Wildman–Crippen LogP) is 3.16. The quantitative estimate of drug-likeness (QED) is 0.923. The van der Waals surface area contributed by atoms with E-state index in [9.17, 15) is 4.21 Å². The van der Waals surface area contributed by atoms with Gasteiger partial charge in [-0.2, -0.15) is 0 Å². The molecule has 0 aliphatic rings. The van der Waals surface area contributed by atoms with E-state index in [2.05, 4.69) is 0 Å². The summed E-state index contributed by atoms with van der Waals surface area (Å²) in [5, 5.41) is 0.507. The molecule has 0 spiro atoms. The van der Waals surface area contributed by atoms with Crippen molar-refractivity contribution in [2.75, 3.05) is 12.9 Å². The molecule has 0 aliphatic carbocycles. The van der Waals surface area contributed by atoms with Crippen molar-refractivity contribution in [1.82, 2.24) is 0 Å². The highest BCUT2D eigenvalue weighted by atomic mass is 35.5. The van der Waals surface area contributed by atoms with E-state index >= 15 is 0 Å². The zero-order valence-electron chi connectivity index (χ0n) is 11.1. The Kier molecular flexibility index (Phi) is 5.17. The number of hydrogen-bond donors (Lipinski definition) is 1. The molecule has 0 saturated carbocycles. The molecule has 0 bridgehead atoms. The number of rotatable bonds is 5. The van der Waals surface area contributed by atoms with Crippen molar-refractivity contribution in [1.29, 1.82) is 0 Å². The fourth-order valence-corrected chi connectivity index (χ4v) is 3.44. The van der Waals surface area contributed by atoms with Gasteiger partial charge in [0.25, 0.3) is 0 Å². The van der Waals surface area contributed by atoms with Crippen molar-refractivity contribution in [3.63, 3.8) is 0 Å². The monoisotopic (exact) mass is 309 g/mol. The van der Waals surface area contributed by atoms with Crippen molar-refractivity contribution in [3.05, 3.63) is 59.1 Å². The number of nitrogens with two attached hydrogens (primary N) is 1. The Hall–Kier alpha value is -1.36. The summed E-state index contributed by atoms with van der Waals surface area (Å²) >= 11 is 6.04. The van der Waals surface area contributed by atoms with Gasteiger partial charge in [-0.3, -0.25) is 4.21 Å². The standard InChI is InChI=1S/C15H16ClNO2S/c1-19-12-8-6-11(7-9-12)14(17)10-20(18)15-5-3-2-4-13(15)16/h2-9,14H,10,17H2,1H3. The molecule has 20 heavy (non-hydrogen) atoms. The Balaban J connectivity index is 2.09. The normalized spacial score (nSPS) is 13.8. The maximum Gasteiger partial charge on any atom is 0.118 e. The Morgan fingerprint density at radius 3 is 2.45 bits per heavy atom. The van der Waals surface area contributed by atoms with E-state index in [-0.39, 0.29) is 6.04 Å². The van der Waals surface area contributed by atoms with Gasteiger partial charge in [0, 0.05) is 11.8 Å². The number of ether oxygens (including phenoxy) is 1. The van der Waals surface area contributed by atoms with E-state index in [4.69, 9.17) is 22.1 Å². The molecule has 0 aromatic heterocycles. The average Bonchev–Trinajstić information content (AvgIpc) is 2.47. The molecule has 0 radical (unpaired) electrons. The lowest BCUT2D eigenvalue weighted by Crippen LogP contribution is -2.18. The van der Waals surface area contributed by atoms with Crippen LogP contribution in [0.25, 0.3) is 0 Å². The third-order valence-corrected chi connectivity index (χ3v) is 4.91. The van der Waals surface area contributed by atoms with Crippen molar-refractivity contribution >= 4 is 22.4 Å². The maximum atomic E-state index is 12.3. The number of methoxy groups -OCH3 is 1. The van der Waals surface area contributed by atoms with Crippen LogP contribution >= 0.6 is 11.6 Å². The highest BCUT2D eigenvalue weighted by Crippen LogP contribution is 2.22. The molecule has 2 atom stereocenters. The second-order valence-electron chi connectivity index (χ2n) is 4.32. The van der Waals surface area contributed by atoms with Gasteiger partial charge in [-0.15, -0.1) is 0 Å². The van der Waals surface area contributed by atoms with Crippen molar-refractivity contribution < 1.29 is 8.95 Å². The van der Waals surface area contributed by atoms with E-state index in [1.165, 1.54) is 0 Å². The molecule has 2 N–H and O–H groups in total. The Morgan fingerprint density at radius 2 is 1.85 bits per heavy atom. The molecule has 2 rings (SSSR count). The van der Waals surface area contributed by atoms with Crippen LogP contribution in [0.15, 0.2) is 53.4 Å². The maximum absolute atomic E-state index is 12.3. The molecule has 0 aliphatic heterocycles. The Bertz CT molecular complexity index is 601. The first-order chi connectivity index (χ1) is 9.61. The summed E-state index contributed by atoms with van der Waals surface area (Å²) in [5.74, 6) is 1.10. The van der Waals surface area contributed by atoms with Gasteiger partial charge in [-0.05, 0) is 29.8 Å². The van der Waals surface area contributed by atoms with Gasteiger partial charge < -0.3 is 10.5 Å². The van der Waals surface area contributed by atoms with Crippen molar-refractivity contribution in [3.8, 4) is 5.75 Å². The SMILES string of the molecule is COc1ccc(C(N)CS(=O)c2ccccc2Cl)cc1. The minimum absolute atomic E-state index is 0.307. The van der Waals surface area contributed by atoms with Gasteiger partial charge in [0.15, 0.2) is 0 Å². The lowest BCUT2D eigenvalue weighted by atomic mass is 10.1. The Morgan fingerprint density at radius 1 is 1.20 bits per heavy atom. The molecule has 2 unspecified atom stereocenters. The molecule has 0 amide bonds. The average molecular weight is 310 g/mol. The lowest BCUT2D eigenvalue weighted by Gasteiger charge is -2.13. The molecular formula is C15H16ClNO2S. The van der Waals surface area contributed by atoms with Crippen LogP contribution in [0.5, 0.6) is 5.75 Å². The first-order valence-corrected chi connectivity index (χ1v) is 7.84. The second-order valence-corrected chi connectivity index (χ2v) is 6.19. The molecule has 3 nitrogen and oxygen atoms in total. The van der Waals surface area contributed by atoms with Crippen LogP contribution in [-0.4, -0.2) is 17.1 Å². The van der Waals surface area contributed by atoms with E-state index in [0.717, 1.165) is 11.3 Å². The van der Waals surface area contributed by atoms with Crippen LogP contribution in [0.4, 0.5) is 0 Å². The lowest BCUT2D eigenvalue weighted by molar-refractivity contribution is 0.414. The molecule has 0 saturated heterocycles. The summed E-state index contributed by atoms with van der Waals surface area (Å²) in [6, 6.07) is 14.3. The highest BCUT2D eigenvalue weighted by Gasteiger charge is 2.14. The zero-order valence-corrected chi connectivity index (χ0v) is 12.7. The first-order valence-electron chi connectivity index (χ1n) is 6.14. The number of hydrogen-bond acceptors (Lipinski definition) is 3. The third-order valence-electron chi connectivity index (χ3n) is 2.96. The summed E-state index contributed by atoms with van der Waals surface area (Å²) in [5.41, 5.74) is 7.02. The fourth-order valence-electron chi connectivity index (χ4n) is 1.83. The van der Waals surface area contributed by atoms with E-state index in [1.807, 2.05) is 36.4 Å². The van der Waals surface area contributed by atoms with Gasteiger partial charge in [0.05, 0.1) is 27.8 Å². The number of benzene rings is 2. The molecule has 5 heteroatoms. The molecule has 2 aromatic carbocycles. The minimum atomic E-state index is -1.22. The Labute approximate surface area is 126 Å². The minimum Gasteiger partial charge on any atom is -0.497 e.